The summed E-state index contributed by atoms with van der Waals surface area (Å²) >= 11 is 2.26. The summed E-state index contributed by atoms with van der Waals surface area (Å²) in [6, 6.07) is -0.888. The number of oxime groups is 1. The Hall–Kier alpha value is -2.93. The molecule has 4 rings (SSSR count). The molecule has 4 N–H and O–H groups in total. The Morgan fingerprint density at radius 3 is 2.93 bits per heavy atom. The predicted molar refractivity (Wildman–Crippen MR) is 109 cm³/mol. The SMILES string of the molecule is Nc1nc(/C(=N\OC2C=CCCC2)C(=O)NC2C(=O)N3C(C(=O)O)=CCSC23)ns1. The second-order valence-electron chi connectivity index (χ2n) is 6.68. The third-order valence-corrected chi connectivity index (χ3v) is 6.44. The monoisotopic (exact) mass is 450 g/mol. The zero-order valence-electron chi connectivity index (χ0n) is 15.6. The third kappa shape index (κ3) is 3.89. The quantitative estimate of drug-likeness (QED) is 0.240. The lowest BCUT2D eigenvalue weighted by Crippen LogP contribution is -2.70. The van der Waals surface area contributed by atoms with Crippen LogP contribution < -0.4 is 11.1 Å². The number of nitrogens with one attached hydrogen (secondary N) is 1. The lowest BCUT2D eigenvalue weighted by Gasteiger charge is -2.48. The van der Waals surface area contributed by atoms with Crippen LogP contribution in [0, 0.1) is 0 Å². The molecule has 13 heteroatoms. The number of aliphatic carboxylic acids is 1. The summed E-state index contributed by atoms with van der Waals surface area (Å²) in [5, 5.41) is 15.5. The Kier molecular flexibility index (Phi) is 5.72. The van der Waals surface area contributed by atoms with Gasteiger partial charge in [0.25, 0.3) is 11.8 Å². The van der Waals surface area contributed by atoms with Crippen molar-refractivity contribution in [2.45, 2.75) is 36.8 Å². The van der Waals surface area contributed by atoms with Crippen molar-refractivity contribution in [1.82, 2.24) is 19.6 Å². The second kappa shape index (κ2) is 8.44. The van der Waals surface area contributed by atoms with Crippen LogP contribution in [0.5, 0.6) is 0 Å². The first-order valence-corrected chi connectivity index (χ1v) is 11.0. The first-order valence-electron chi connectivity index (χ1n) is 9.14. The molecular weight excluding hydrogens is 432 g/mol. The molecule has 0 saturated carbocycles. The van der Waals surface area contributed by atoms with Crippen molar-refractivity contribution in [3.05, 3.63) is 29.7 Å². The van der Waals surface area contributed by atoms with Crippen LogP contribution >= 0.6 is 23.3 Å². The maximum Gasteiger partial charge on any atom is 0.352 e. The number of nitrogens with zero attached hydrogens (tertiary/aromatic N) is 4. The minimum Gasteiger partial charge on any atom is -0.477 e. The number of carboxylic acids is 1. The number of hydrogen-bond acceptors (Lipinski definition) is 10. The number of aromatic nitrogens is 2. The fraction of sp³-hybridized carbons (Fsp3) is 0.412. The molecule has 3 heterocycles. The molecule has 11 nitrogen and oxygen atoms in total. The van der Waals surface area contributed by atoms with E-state index in [-0.39, 0.29) is 28.5 Å². The Balaban J connectivity index is 1.50. The fourth-order valence-corrected chi connectivity index (χ4v) is 4.88. The largest absolute Gasteiger partial charge is 0.477 e. The van der Waals surface area contributed by atoms with Gasteiger partial charge in [0.1, 0.15) is 23.2 Å². The highest BCUT2D eigenvalue weighted by Crippen LogP contribution is 2.37. The maximum atomic E-state index is 12.9. The molecule has 0 radical (unpaired) electrons. The van der Waals surface area contributed by atoms with Crippen molar-refractivity contribution in [3.63, 3.8) is 0 Å². The number of hydrogen-bond donors (Lipinski definition) is 3. The molecule has 0 bridgehead atoms. The van der Waals surface area contributed by atoms with E-state index in [2.05, 4.69) is 19.8 Å². The molecule has 30 heavy (non-hydrogen) atoms. The molecule has 0 spiro atoms. The van der Waals surface area contributed by atoms with Gasteiger partial charge in [-0.2, -0.15) is 9.36 Å². The third-order valence-electron chi connectivity index (χ3n) is 4.71. The van der Waals surface area contributed by atoms with Crippen LogP contribution in [0.2, 0.25) is 0 Å². The number of fused-ring (bicyclic) bond motifs is 1. The van der Waals surface area contributed by atoms with Gasteiger partial charge >= 0.3 is 5.97 Å². The molecule has 1 saturated heterocycles. The number of rotatable bonds is 6. The summed E-state index contributed by atoms with van der Waals surface area (Å²) < 4.78 is 4.02. The number of thioether (sulfide) groups is 1. The highest BCUT2D eigenvalue weighted by molar-refractivity contribution is 8.00. The van der Waals surface area contributed by atoms with Crippen LogP contribution in [0.1, 0.15) is 25.1 Å². The highest BCUT2D eigenvalue weighted by atomic mass is 32.2. The van der Waals surface area contributed by atoms with Crippen LogP contribution in [0.3, 0.4) is 0 Å². The summed E-state index contributed by atoms with van der Waals surface area (Å²) in [5.41, 5.74) is 5.36. The van der Waals surface area contributed by atoms with Gasteiger partial charge in [0.2, 0.25) is 11.5 Å². The minimum absolute atomic E-state index is 0.000774. The topological polar surface area (TPSA) is 160 Å². The van der Waals surface area contributed by atoms with E-state index in [9.17, 15) is 19.5 Å². The normalized spacial score (nSPS) is 25.8. The predicted octanol–water partition coefficient (Wildman–Crippen LogP) is 0.318. The summed E-state index contributed by atoms with van der Waals surface area (Å²) in [7, 11) is 0. The molecule has 3 aliphatic rings. The number of nitrogens with two attached hydrogens (primary N) is 1. The van der Waals surface area contributed by atoms with E-state index < -0.39 is 29.2 Å². The number of carbonyl (C=O) groups is 3. The number of carboxylic acid groups (broad SMARTS) is 1. The van der Waals surface area contributed by atoms with E-state index in [1.165, 1.54) is 22.7 Å². The summed E-state index contributed by atoms with van der Waals surface area (Å²) in [4.78, 5) is 47.3. The van der Waals surface area contributed by atoms with Crippen molar-refractivity contribution in [3.8, 4) is 0 Å². The van der Waals surface area contributed by atoms with Crippen molar-refractivity contribution < 1.29 is 24.3 Å². The average Bonchev–Trinajstić information content (AvgIpc) is 3.18. The second-order valence-corrected chi connectivity index (χ2v) is 8.61. The van der Waals surface area contributed by atoms with Gasteiger partial charge in [-0.3, -0.25) is 14.5 Å². The van der Waals surface area contributed by atoms with Crippen LogP contribution in [0.25, 0.3) is 0 Å². The first kappa shape index (κ1) is 20.3. The van der Waals surface area contributed by atoms with E-state index in [1.54, 1.807) is 0 Å². The molecule has 2 amide bonds. The lowest BCUT2D eigenvalue weighted by molar-refractivity contribution is -0.150. The van der Waals surface area contributed by atoms with Crippen LogP contribution in [0.4, 0.5) is 5.13 Å². The Morgan fingerprint density at radius 2 is 2.27 bits per heavy atom. The smallest absolute Gasteiger partial charge is 0.352 e. The van der Waals surface area contributed by atoms with E-state index >= 15 is 0 Å². The van der Waals surface area contributed by atoms with Gasteiger partial charge in [-0.05, 0) is 31.4 Å². The minimum atomic E-state index is -1.18. The molecule has 1 aliphatic carbocycles. The van der Waals surface area contributed by atoms with Gasteiger partial charge in [-0.1, -0.05) is 11.2 Å². The Bertz CT molecular complexity index is 974. The maximum absolute atomic E-state index is 12.9. The first-order chi connectivity index (χ1) is 14.5. The zero-order valence-corrected chi connectivity index (χ0v) is 17.2. The molecule has 3 unspecified atom stereocenters. The number of allylic oxidation sites excluding steroid dienone is 1. The standard InChI is InChI=1S/C17H18N6O5S2/c18-17-20-12(22-30-17)10(21-28-8-4-2-1-3-5-8)13(24)19-11-14(25)23-9(16(26)27)6-7-29-15(11)23/h2,4,6,8,11,15H,1,3,5,7H2,(H,19,24)(H,26,27)(H2,18,20,22)/b21-10+. The molecular formula is C17H18N6O5S2. The number of anilines is 1. The lowest BCUT2D eigenvalue weighted by atomic mass is 10.0. The number of amides is 2. The summed E-state index contributed by atoms with van der Waals surface area (Å²) in [5.74, 6) is -1.96. The molecule has 158 valence electrons. The molecule has 3 atom stereocenters. The fourth-order valence-electron chi connectivity index (χ4n) is 3.25. The van der Waals surface area contributed by atoms with E-state index in [0.29, 0.717) is 5.75 Å². The highest BCUT2D eigenvalue weighted by Gasteiger charge is 2.53. The summed E-state index contributed by atoms with van der Waals surface area (Å²) in [6.07, 6.45) is 7.74. The zero-order chi connectivity index (χ0) is 21.3. The molecule has 1 aromatic rings. The van der Waals surface area contributed by atoms with Crippen LogP contribution in [-0.4, -0.2) is 66.1 Å². The van der Waals surface area contributed by atoms with E-state index in [4.69, 9.17) is 10.6 Å². The number of carbonyl (C=O) groups excluding carboxylic acids is 2. The van der Waals surface area contributed by atoms with Gasteiger partial charge in [0, 0.05) is 17.3 Å². The molecule has 1 aromatic heterocycles. The van der Waals surface area contributed by atoms with Crippen LogP contribution in [0.15, 0.2) is 29.1 Å². The molecule has 1 fully saturated rings. The van der Waals surface area contributed by atoms with Gasteiger partial charge in [-0.25, -0.2) is 4.79 Å². The van der Waals surface area contributed by atoms with E-state index in [1.807, 2.05) is 12.2 Å². The number of nitrogen functional groups attached to an aromatic ring is 1. The number of β-lactam (4-membered cyclic amide) rings is 1. The van der Waals surface area contributed by atoms with Gasteiger partial charge < -0.3 is 21.0 Å². The van der Waals surface area contributed by atoms with Crippen molar-refractivity contribution >= 4 is 51.9 Å². The van der Waals surface area contributed by atoms with Crippen molar-refractivity contribution in [2.24, 2.45) is 5.16 Å². The van der Waals surface area contributed by atoms with E-state index in [0.717, 1.165) is 30.8 Å². The molecule has 2 aliphatic heterocycles. The van der Waals surface area contributed by atoms with Gasteiger partial charge in [-0.15, -0.1) is 11.8 Å². The summed E-state index contributed by atoms with van der Waals surface area (Å²) in [6.45, 7) is 0. The van der Waals surface area contributed by atoms with Crippen molar-refractivity contribution in [1.29, 1.82) is 0 Å². The van der Waals surface area contributed by atoms with Gasteiger partial charge in [0.15, 0.2) is 5.13 Å². The van der Waals surface area contributed by atoms with Crippen molar-refractivity contribution in [2.75, 3.05) is 11.5 Å². The molecule has 0 aromatic carbocycles. The van der Waals surface area contributed by atoms with Crippen LogP contribution in [-0.2, 0) is 19.2 Å². The Morgan fingerprint density at radius 1 is 1.43 bits per heavy atom. The Labute approximate surface area is 179 Å². The average molecular weight is 451 g/mol. The van der Waals surface area contributed by atoms with Gasteiger partial charge in [0.05, 0.1) is 0 Å².